The molecule has 0 spiro atoms. The van der Waals surface area contributed by atoms with Gasteiger partial charge in [0.25, 0.3) is 0 Å². The zero-order chi connectivity index (χ0) is 16.6. The molecule has 1 aromatic heterocycles. The molecule has 1 atom stereocenters. The predicted octanol–water partition coefficient (Wildman–Crippen LogP) is 0.815. The Bertz CT molecular complexity index is 528. The van der Waals surface area contributed by atoms with Crippen molar-refractivity contribution in [3.63, 3.8) is 0 Å². The normalized spacial score (nSPS) is 22.9. The van der Waals surface area contributed by atoms with E-state index in [0.29, 0.717) is 25.6 Å². The molecule has 0 aliphatic carbocycles. The summed E-state index contributed by atoms with van der Waals surface area (Å²) >= 11 is 0. The second-order valence-electron chi connectivity index (χ2n) is 6.27. The molecule has 3 rings (SSSR count). The molecule has 2 aliphatic heterocycles. The Morgan fingerprint density at radius 1 is 1.25 bits per heavy atom. The maximum absolute atomic E-state index is 11.3. The highest BCUT2D eigenvalue weighted by molar-refractivity contribution is 5.81. The summed E-state index contributed by atoms with van der Waals surface area (Å²) in [6.45, 7) is 2.88. The molecule has 7 heteroatoms. The van der Waals surface area contributed by atoms with E-state index < -0.39 is 0 Å². The van der Waals surface area contributed by atoms with Crippen molar-refractivity contribution in [3.8, 4) is 0 Å². The summed E-state index contributed by atoms with van der Waals surface area (Å²) in [6.07, 6.45) is 5.83. The van der Waals surface area contributed by atoms with E-state index in [1.807, 2.05) is 12.1 Å². The largest absolute Gasteiger partial charge is 0.469 e. The van der Waals surface area contributed by atoms with E-state index in [1.165, 1.54) is 0 Å². The van der Waals surface area contributed by atoms with Crippen LogP contribution in [0.2, 0.25) is 0 Å². The number of carbonyl (C=O) groups is 1. The number of ether oxygens (including phenoxy) is 1. The molecule has 0 aromatic carbocycles. The van der Waals surface area contributed by atoms with Crippen molar-refractivity contribution >= 4 is 11.9 Å². The average Bonchev–Trinajstić information content (AvgIpc) is 3.11. The summed E-state index contributed by atoms with van der Waals surface area (Å²) in [4.78, 5) is 16.0. The molecular weight excluding hydrogens is 308 g/mol. The Hall–Kier alpha value is -2.02. The summed E-state index contributed by atoms with van der Waals surface area (Å²) in [5.41, 5.74) is 0. The minimum Gasteiger partial charge on any atom is -0.469 e. The number of hydrogen-bond donors (Lipinski definition) is 3. The molecule has 0 bridgehead atoms. The Balaban J connectivity index is 1.55. The van der Waals surface area contributed by atoms with Gasteiger partial charge in [-0.1, -0.05) is 0 Å². The zero-order valence-corrected chi connectivity index (χ0v) is 13.9. The second kappa shape index (κ2) is 8.73. The lowest BCUT2D eigenvalue weighted by Crippen LogP contribution is -2.53. The molecule has 1 aromatic rings. The fourth-order valence-corrected chi connectivity index (χ4v) is 2.95. The van der Waals surface area contributed by atoms with Gasteiger partial charge >= 0.3 is 0 Å². The molecule has 1 unspecified atom stereocenters. The van der Waals surface area contributed by atoms with Crippen molar-refractivity contribution < 1.29 is 13.9 Å². The molecule has 3 N–H and O–H groups in total. The van der Waals surface area contributed by atoms with Crippen molar-refractivity contribution in [1.29, 1.82) is 0 Å². The van der Waals surface area contributed by atoms with Crippen LogP contribution in [0, 0.1) is 0 Å². The third kappa shape index (κ3) is 5.26. The smallest absolute Gasteiger partial charge is 0.220 e. The predicted molar refractivity (Wildman–Crippen MR) is 90.9 cm³/mol. The Morgan fingerprint density at radius 2 is 2.08 bits per heavy atom. The number of rotatable bonds is 5. The number of guanidine groups is 1. The van der Waals surface area contributed by atoms with Gasteiger partial charge in [-0.25, -0.2) is 0 Å². The minimum atomic E-state index is 0.127. The van der Waals surface area contributed by atoms with E-state index in [-0.39, 0.29) is 11.9 Å². The van der Waals surface area contributed by atoms with Crippen molar-refractivity contribution in [1.82, 2.24) is 16.0 Å². The third-order valence-corrected chi connectivity index (χ3v) is 4.38. The number of hydrogen-bond acceptors (Lipinski definition) is 4. The van der Waals surface area contributed by atoms with Gasteiger partial charge < -0.3 is 25.1 Å². The lowest BCUT2D eigenvalue weighted by atomic mass is 10.1. The molecule has 3 heterocycles. The zero-order valence-electron chi connectivity index (χ0n) is 13.9. The van der Waals surface area contributed by atoms with E-state index in [1.54, 1.807) is 6.26 Å². The first-order chi connectivity index (χ1) is 11.8. The van der Waals surface area contributed by atoms with Gasteiger partial charge in [-0.2, -0.15) is 0 Å². The Kier molecular flexibility index (Phi) is 6.12. The number of nitrogens with one attached hydrogen (secondary N) is 3. The molecule has 0 saturated carbocycles. The van der Waals surface area contributed by atoms with Crippen LogP contribution in [0.15, 0.2) is 27.8 Å². The Labute approximate surface area is 142 Å². The van der Waals surface area contributed by atoms with Crippen molar-refractivity contribution in [2.24, 2.45) is 4.99 Å². The van der Waals surface area contributed by atoms with Crippen LogP contribution in [0.25, 0.3) is 0 Å². The van der Waals surface area contributed by atoms with Crippen LogP contribution in [0.3, 0.4) is 0 Å². The molecule has 132 valence electrons. The summed E-state index contributed by atoms with van der Waals surface area (Å²) in [7, 11) is 0. The van der Waals surface area contributed by atoms with Gasteiger partial charge in [-0.05, 0) is 31.4 Å². The van der Waals surface area contributed by atoms with Crippen LogP contribution in [0.1, 0.15) is 31.4 Å². The first-order valence-electron chi connectivity index (χ1n) is 8.74. The van der Waals surface area contributed by atoms with Crippen LogP contribution in [0.5, 0.6) is 0 Å². The van der Waals surface area contributed by atoms with E-state index in [9.17, 15) is 4.79 Å². The summed E-state index contributed by atoms with van der Waals surface area (Å²) in [5.74, 6) is 1.88. The number of piperidine rings is 1. The number of amides is 1. The van der Waals surface area contributed by atoms with Gasteiger partial charge in [0.05, 0.1) is 6.26 Å². The standard InChI is InChI=1S/C17H26N4O3/c22-16-4-3-14(12-19-16)21-17(20-13-6-10-23-11-7-13)18-8-5-15-2-1-9-24-15/h1-2,9,13-14H,3-8,10-12H2,(H,19,22)(H2,18,20,21). The molecule has 2 aliphatic rings. The highest BCUT2D eigenvalue weighted by Crippen LogP contribution is 2.07. The van der Waals surface area contributed by atoms with Gasteiger partial charge in [0.15, 0.2) is 5.96 Å². The van der Waals surface area contributed by atoms with Crippen LogP contribution < -0.4 is 16.0 Å². The molecule has 7 nitrogen and oxygen atoms in total. The van der Waals surface area contributed by atoms with Crippen molar-refractivity contribution in [2.45, 2.75) is 44.2 Å². The van der Waals surface area contributed by atoms with Crippen molar-refractivity contribution in [3.05, 3.63) is 24.2 Å². The first kappa shape index (κ1) is 16.8. The highest BCUT2D eigenvalue weighted by atomic mass is 16.5. The molecular formula is C17H26N4O3. The number of aliphatic imine (C=N–C) groups is 1. The lowest BCUT2D eigenvalue weighted by molar-refractivity contribution is -0.122. The van der Waals surface area contributed by atoms with Gasteiger partial charge in [0.1, 0.15) is 5.76 Å². The Morgan fingerprint density at radius 3 is 2.79 bits per heavy atom. The lowest BCUT2D eigenvalue weighted by Gasteiger charge is -2.29. The van der Waals surface area contributed by atoms with Crippen LogP contribution in [-0.4, -0.2) is 50.3 Å². The monoisotopic (exact) mass is 334 g/mol. The topological polar surface area (TPSA) is 87.9 Å². The van der Waals surface area contributed by atoms with E-state index in [4.69, 9.17) is 9.15 Å². The maximum atomic E-state index is 11.3. The van der Waals surface area contributed by atoms with Gasteiger partial charge in [0, 0.05) is 51.2 Å². The summed E-state index contributed by atoms with van der Waals surface area (Å²) in [6, 6.07) is 4.46. The fourth-order valence-electron chi connectivity index (χ4n) is 2.95. The second-order valence-corrected chi connectivity index (χ2v) is 6.27. The van der Waals surface area contributed by atoms with Gasteiger partial charge in [-0.15, -0.1) is 0 Å². The quantitative estimate of drug-likeness (QED) is 0.548. The van der Waals surface area contributed by atoms with E-state index in [2.05, 4.69) is 20.9 Å². The number of nitrogens with zero attached hydrogens (tertiary/aromatic N) is 1. The van der Waals surface area contributed by atoms with Crippen LogP contribution in [-0.2, 0) is 16.0 Å². The SMILES string of the molecule is O=C1CCC(NC(=NCCc2ccco2)NC2CCOCC2)CN1. The number of carbonyl (C=O) groups excluding carboxylic acids is 1. The van der Waals surface area contributed by atoms with E-state index >= 15 is 0 Å². The van der Waals surface area contributed by atoms with E-state index in [0.717, 1.165) is 50.6 Å². The van der Waals surface area contributed by atoms with Crippen LogP contribution >= 0.6 is 0 Å². The fraction of sp³-hybridized carbons (Fsp3) is 0.647. The molecule has 0 radical (unpaired) electrons. The minimum absolute atomic E-state index is 0.127. The number of furan rings is 1. The van der Waals surface area contributed by atoms with Gasteiger partial charge in [-0.3, -0.25) is 9.79 Å². The molecule has 1 amide bonds. The molecule has 2 saturated heterocycles. The van der Waals surface area contributed by atoms with Crippen molar-refractivity contribution in [2.75, 3.05) is 26.3 Å². The molecule has 2 fully saturated rings. The first-order valence-corrected chi connectivity index (χ1v) is 8.74. The molecule has 24 heavy (non-hydrogen) atoms. The maximum Gasteiger partial charge on any atom is 0.220 e. The third-order valence-electron chi connectivity index (χ3n) is 4.38. The van der Waals surface area contributed by atoms with Gasteiger partial charge in [0.2, 0.25) is 5.91 Å². The van der Waals surface area contributed by atoms with Crippen LogP contribution in [0.4, 0.5) is 0 Å². The summed E-state index contributed by atoms with van der Waals surface area (Å²) in [5, 5.41) is 9.87. The average molecular weight is 334 g/mol. The highest BCUT2D eigenvalue weighted by Gasteiger charge is 2.21. The summed E-state index contributed by atoms with van der Waals surface area (Å²) < 4.78 is 10.8.